The first-order chi connectivity index (χ1) is 9.03. The fraction of sp³-hybridized carbons (Fsp3) is 0.417. The van der Waals surface area contributed by atoms with E-state index in [9.17, 15) is 19.5 Å². The lowest BCUT2D eigenvalue weighted by molar-refractivity contribution is -0.148. The molecule has 1 amide bonds. The van der Waals surface area contributed by atoms with Gasteiger partial charge in [-0.1, -0.05) is 0 Å². The number of carbonyl (C=O) groups excluding carboxylic acids is 1. The van der Waals surface area contributed by atoms with Crippen LogP contribution in [-0.2, 0) is 9.53 Å². The maximum atomic E-state index is 12.0. The summed E-state index contributed by atoms with van der Waals surface area (Å²) in [7, 11) is 0. The number of hydrogen-bond acceptors (Lipinski definition) is 5. The Kier molecular flexibility index (Phi) is 3.66. The second-order valence-electron chi connectivity index (χ2n) is 4.30. The fourth-order valence-electron chi connectivity index (χ4n) is 1.89. The van der Waals surface area contributed by atoms with Crippen molar-refractivity contribution in [2.75, 3.05) is 13.2 Å². The van der Waals surface area contributed by atoms with E-state index in [4.69, 9.17) is 4.74 Å². The van der Waals surface area contributed by atoms with Gasteiger partial charge in [-0.05, 0) is 6.07 Å². The van der Waals surface area contributed by atoms with Crippen LogP contribution in [0.2, 0.25) is 0 Å². The van der Waals surface area contributed by atoms with E-state index in [1.807, 2.05) is 0 Å². The van der Waals surface area contributed by atoms with Crippen LogP contribution in [0.5, 0.6) is 0 Å². The zero-order valence-corrected chi connectivity index (χ0v) is 10.0. The topological polar surface area (TPSA) is 106 Å². The highest BCUT2D eigenvalue weighted by Crippen LogP contribution is 2.21. The van der Waals surface area contributed by atoms with Crippen molar-refractivity contribution in [3.05, 3.63) is 34.4 Å². The van der Waals surface area contributed by atoms with E-state index in [1.54, 1.807) is 0 Å². The van der Waals surface area contributed by atoms with E-state index >= 15 is 0 Å². The van der Waals surface area contributed by atoms with Crippen molar-refractivity contribution in [3.8, 4) is 0 Å². The number of nitrogens with one attached hydrogen (secondary N) is 1. The molecule has 0 aliphatic carbocycles. The first-order valence-corrected chi connectivity index (χ1v) is 5.76. The molecule has 2 rings (SSSR count). The number of amides is 1. The molecular weight excluding hydrogens is 254 g/mol. The molecule has 1 aliphatic rings. The van der Waals surface area contributed by atoms with Gasteiger partial charge >= 0.3 is 11.6 Å². The zero-order chi connectivity index (χ0) is 13.9. The standard InChI is InChI=1S/C12H13NO6/c14-9-2-1-8(7-19-9)10(15)13-12(11(16)17)3-5-18-6-4-12/h1-2,7H,3-6H2,(H,13,15)(H,16,17). The molecule has 7 heteroatoms. The van der Waals surface area contributed by atoms with Gasteiger partial charge in [0, 0.05) is 32.1 Å². The Morgan fingerprint density at radius 2 is 1.95 bits per heavy atom. The van der Waals surface area contributed by atoms with Gasteiger partial charge in [0.15, 0.2) is 0 Å². The van der Waals surface area contributed by atoms with Crippen molar-refractivity contribution in [3.63, 3.8) is 0 Å². The summed E-state index contributed by atoms with van der Waals surface area (Å²) in [4.78, 5) is 34.1. The Morgan fingerprint density at radius 1 is 1.26 bits per heavy atom. The van der Waals surface area contributed by atoms with Crippen molar-refractivity contribution >= 4 is 11.9 Å². The molecule has 1 aliphatic heterocycles. The minimum atomic E-state index is -1.33. The van der Waals surface area contributed by atoms with Crippen LogP contribution in [0.25, 0.3) is 0 Å². The normalized spacial score (nSPS) is 17.7. The van der Waals surface area contributed by atoms with Crippen LogP contribution < -0.4 is 10.9 Å². The van der Waals surface area contributed by atoms with Crippen molar-refractivity contribution in [1.82, 2.24) is 5.32 Å². The first-order valence-electron chi connectivity index (χ1n) is 5.76. The van der Waals surface area contributed by atoms with Gasteiger partial charge in [0.2, 0.25) is 0 Å². The second-order valence-corrected chi connectivity index (χ2v) is 4.30. The minimum absolute atomic E-state index is 0.103. The molecular formula is C12H13NO6. The molecule has 2 heterocycles. The lowest BCUT2D eigenvalue weighted by Gasteiger charge is -2.33. The number of carbonyl (C=O) groups is 2. The Morgan fingerprint density at radius 3 is 2.47 bits per heavy atom. The lowest BCUT2D eigenvalue weighted by Crippen LogP contribution is -2.57. The highest BCUT2D eigenvalue weighted by molar-refractivity contribution is 5.97. The van der Waals surface area contributed by atoms with Crippen molar-refractivity contribution < 1.29 is 23.8 Å². The number of ether oxygens (including phenoxy) is 1. The lowest BCUT2D eigenvalue weighted by atomic mass is 9.90. The molecule has 0 spiro atoms. The van der Waals surface area contributed by atoms with Gasteiger partial charge in [-0.3, -0.25) is 4.79 Å². The van der Waals surface area contributed by atoms with Crippen LogP contribution in [0.1, 0.15) is 23.2 Å². The fourth-order valence-corrected chi connectivity index (χ4v) is 1.89. The van der Waals surface area contributed by atoms with Crippen molar-refractivity contribution in [1.29, 1.82) is 0 Å². The third-order valence-corrected chi connectivity index (χ3v) is 3.07. The van der Waals surface area contributed by atoms with Gasteiger partial charge in [0.25, 0.3) is 5.91 Å². The molecule has 0 aromatic carbocycles. The number of hydrogen-bond donors (Lipinski definition) is 2. The molecule has 0 unspecified atom stereocenters. The van der Waals surface area contributed by atoms with Crippen molar-refractivity contribution in [2.24, 2.45) is 0 Å². The minimum Gasteiger partial charge on any atom is -0.480 e. The predicted octanol–water partition coefficient (Wildman–Crippen LogP) is 0.00340. The predicted molar refractivity (Wildman–Crippen MR) is 62.9 cm³/mol. The summed E-state index contributed by atoms with van der Waals surface area (Å²) in [5.74, 6) is -1.69. The molecule has 1 aromatic heterocycles. The molecule has 1 aromatic rings. The Bertz CT molecular complexity index is 523. The summed E-state index contributed by atoms with van der Waals surface area (Å²) in [5.41, 5.74) is -1.80. The largest absolute Gasteiger partial charge is 0.480 e. The van der Waals surface area contributed by atoms with Gasteiger partial charge in [-0.15, -0.1) is 0 Å². The van der Waals surface area contributed by atoms with E-state index in [0.29, 0.717) is 0 Å². The van der Waals surface area contributed by atoms with Gasteiger partial charge in [0.1, 0.15) is 11.8 Å². The van der Waals surface area contributed by atoms with E-state index in [1.165, 1.54) is 6.07 Å². The second kappa shape index (κ2) is 5.23. The monoisotopic (exact) mass is 267 g/mol. The molecule has 7 nitrogen and oxygen atoms in total. The van der Waals surface area contributed by atoms with E-state index < -0.39 is 23.0 Å². The molecule has 1 fully saturated rings. The number of carboxylic acid groups (broad SMARTS) is 1. The van der Waals surface area contributed by atoms with Crippen LogP contribution >= 0.6 is 0 Å². The van der Waals surface area contributed by atoms with E-state index in [2.05, 4.69) is 9.73 Å². The van der Waals surface area contributed by atoms with Gasteiger partial charge in [-0.2, -0.15) is 0 Å². The highest BCUT2D eigenvalue weighted by Gasteiger charge is 2.41. The Hall–Kier alpha value is -2.15. The number of rotatable bonds is 3. The van der Waals surface area contributed by atoms with Crippen LogP contribution in [0.3, 0.4) is 0 Å². The summed E-state index contributed by atoms with van der Waals surface area (Å²) >= 11 is 0. The molecule has 19 heavy (non-hydrogen) atoms. The van der Waals surface area contributed by atoms with E-state index in [-0.39, 0.29) is 31.6 Å². The molecule has 1 saturated heterocycles. The maximum Gasteiger partial charge on any atom is 0.335 e. The third-order valence-electron chi connectivity index (χ3n) is 3.07. The average molecular weight is 267 g/mol. The molecule has 0 atom stereocenters. The maximum absolute atomic E-state index is 12.0. The summed E-state index contributed by atoms with van der Waals surface area (Å²) in [6.45, 7) is 0.549. The highest BCUT2D eigenvalue weighted by atomic mass is 16.5. The molecule has 102 valence electrons. The molecule has 0 bridgehead atoms. The van der Waals surface area contributed by atoms with Crippen LogP contribution in [0.4, 0.5) is 0 Å². The van der Waals surface area contributed by atoms with Crippen LogP contribution in [0, 0.1) is 0 Å². The summed E-state index contributed by atoms with van der Waals surface area (Å²) < 4.78 is 9.68. The average Bonchev–Trinajstić information content (AvgIpc) is 2.40. The van der Waals surface area contributed by atoms with Gasteiger partial charge in [-0.25, -0.2) is 9.59 Å². The van der Waals surface area contributed by atoms with Crippen molar-refractivity contribution in [2.45, 2.75) is 18.4 Å². The quantitative estimate of drug-likeness (QED) is 0.798. The first kappa shape index (κ1) is 13.3. The summed E-state index contributed by atoms with van der Waals surface area (Å²) in [6.07, 6.45) is 1.41. The number of aliphatic carboxylic acids is 1. The summed E-state index contributed by atoms with van der Waals surface area (Å²) in [5, 5.41) is 11.8. The van der Waals surface area contributed by atoms with Crippen LogP contribution in [0.15, 0.2) is 27.6 Å². The third kappa shape index (κ3) is 2.82. The zero-order valence-electron chi connectivity index (χ0n) is 10.0. The Balaban J connectivity index is 2.17. The Labute approximate surface area is 108 Å². The number of carboxylic acids is 1. The SMILES string of the molecule is O=C(NC1(C(=O)O)CCOCC1)c1ccc(=O)oc1. The molecule has 2 N–H and O–H groups in total. The van der Waals surface area contributed by atoms with Gasteiger partial charge in [0.05, 0.1) is 5.56 Å². The molecule has 0 radical (unpaired) electrons. The van der Waals surface area contributed by atoms with E-state index in [0.717, 1.165) is 12.3 Å². The summed E-state index contributed by atoms with van der Waals surface area (Å²) in [6, 6.07) is 2.39. The van der Waals surface area contributed by atoms with Crippen LogP contribution in [-0.4, -0.2) is 35.7 Å². The molecule has 0 saturated carbocycles. The van der Waals surface area contributed by atoms with Gasteiger partial charge < -0.3 is 19.6 Å². The smallest absolute Gasteiger partial charge is 0.335 e.